The predicted octanol–water partition coefficient (Wildman–Crippen LogP) is 1.35. The second-order valence-electron chi connectivity index (χ2n) is 6.53. The van der Waals surface area contributed by atoms with Gasteiger partial charge in [0.1, 0.15) is 5.82 Å². The number of likely N-dealkylation sites (tertiary alicyclic amines) is 1. The van der Waals surface area contributed by atoms with Crippen LogP contribution < -0.4 is 0 Å². The van der Waals surface area contributed by atoms with E-state index >= 15 is 0 Å². The Balaban J connectivity index is 1.62. The monoisotopic (exact) mass is 328 g/mol. The molecule has 2 aromatic rings. The molecule has 2 heterocycles. The van der Waals surface area contributed by atoms with E-state index in [1.54, 1.807) is 0 Å². The number of hydrogen-bond acceptors (Lipinski definition) is 5. The summed E-state index contributed by atoms with van der Waals surface area (Å²) in [7, 11) is 1.91. The molecule has 3 rings (SSSR count). The molecule has 0 unspecified atom stereocenters. The second kappa shape index (κ2) is 7.23. The first-order valence-electron chi connectivity index (χ1n) is 8.39. The van der Waals surface area contributed by atoms with Gasteiger partial charge in [0.2, 0.25) is 5.91 Å². The molecule has 1 N–H and O–H groups in total. The van der Waals surface area contributed by atoms with Crippen LogP contribution in [0.3, 0.4) is 0 Å². The highest BCUT2D eigenvalue weighted by Gasteiger charge is 2.22. The molecule has 0 atom stereocenters. The van der Waals surface area contributed by atoms with Crippen LogP contribution >= 0.6 is 0 Å². The molecule has 0 radical (unpaired) electrons. The van der Waals surface area contributed by atoms with Crippen molar-refractivity contribution in [1.82, 2.24) is 19.8 Å². The third kappa shape index (κ3) is 3.88. The third-order valence-electron chi connectivity index (χ3n) is 4.47. The summed E-state index contributed by atoms with van der Waals surface area (Å²) in [6.07, 6.45) is 1.07. The van der Waals surface area contributed by atoms with Crippen LogP contribution in [0.5, 0.6) is 0 Å². The number of carbonyl (C=O) groups is 1. The smallest absolute Gasteiger partial charge is 0.236 e. The molecular weight excluding hydrogens is 304 g/mol. The molecule has 1 fully saturated rings. The number of nitrogens with zero attached hydrogens (tertiary/aromatic N) is 4. The molecule has 1 aliphatic heterocycles. The molecule has 1 aromatic carbocycles. The zero-order valence-corrected chi connectivity index (χ0v) is 14.3. The number of amides is 1. The zero-order valence-electron chi connectivity index (χ0n) is 14.3. The molecule has 128 valence electrons. The minimum absolute atomic E-state index is 0.0990. The number of aryl methyl sites for hydroxylation is 1. The van der Waals surface area contributed by atoms with Crippen molar-refractivity contribution in [2.24, 2.45) is 0 Å². The number of piperidine rings is 1. The van der Waals surface area contributed by atoms with Crippen LogP contribution in [-0.4, -0.2) is 63.6 Å². The van der Waals surface area contributed by atoms with Crippen molar-refractivity contribution in [3.05, 3.63) is 35.8 Å². The Kier molecular flexibility index (Phi) is 5.06. The average Bonchev–Trinajstić information content (AvgIpc) is 2.55. The highest BCUT2D eigenvalue weighted by molar-refractivity contribution is 5.80. The van der Waals surface area contributed by atoms with Gasteiger partial charge in [0.15, 0.2) is 0 Å². The third-order valence-corrected chi connectivity index (χ3v) is 4.47. The van der Waals surface area contributed by atoms with Crippen LogP contribution in [0.2, 0.25) is 0 Å². The summed E-state index contributed by atoms with van der Waals surface area (Å²) in [5, 5.41) is 10.6. The minimum Gasteiger partial charge on any atom is -0.393 e. The van der Waals surface area contributed by atoms with E-state index in [1.807, 2.05) is 48.0 Å². The molecule has 0 bridgehead atoms. The van der Waals surface area contributed by atoms with E-state index in [0.717, 1.165) is 22.4 Å². The molecule has 1 aliphatic rings. The number of aliphatic hydroxyl groups is 1. The van der Waals surface area contributed by atoms with Gasteiger partial charge in [-0.05, 0) is 32.9 Å². The average molecular weight is 328 g/mol. The number of benzene rings is 1. The van der Waals surface area contributed by atoms with Crippen molar-refractivity contribution < 1.29 is 9.90 Å². The fourth-order valence-corrected chi connectivity index (χ4v) is 3.11. The lowest BCUT2D eigenvalue weighted by atomic mass is 10.1. The maximum atomic E-state index is 12.3. The van der Waals surface area contributed by atoms with Gasteiger partial charge in [0.25, 0.3) is 0 Å². The summed E-state index contributed by atoms with van der Waals surface area (Å²) in [6, 6.07) is 7.96. The van der Waals surface area contributed by atoms with Crippen LogP contribution in [0.15, 0.2) is 24.3 Å². The number of aliphatic hydroxyl groups excluding tert-OH is 1. The molecular formula is C18H24N4O2. The van der Waals surface area contributed by atoms with Crippen molar-refractivity contribution >= 4 is 16.8 Å². The standard InChI is InChI=1S/C18H24N4O2/c1-13-15-5-3-4-6-16(15)20-17(19-13)11-21(2)12-18(24)22-9-7-14(23)8-10-22/h3-6,14,23H,7-12H2,1-2H3. The molecule has 0 aliphatic carbocycles. The number of carbonyl (C=O) groups excluding carboxylic acids is 1. The van der Waals surface area contributed by atoms with E-state index in [4.69, 9.17) is 0 Å². The maximum absolute atomic E-state index is 12.3. The lowest BCUT2D eigenvalue weighted by Crippen LogP contribution is -2.44. The number of hydrogen-bond donors (Lipinski definition) is 1. The first kappa shape index (κ1) is 16.8. The van der Waals surface area contributed by atoms with Crippen molar-refractivity contribution in [3.63, 3.8) is 0 Å². The highest BCUT2D eigenvalue weighted by atomic mass is 16.3. The van der Waals surface area contributed by atoms with Gasteiger partial charge in [0.05, 0.1) is 24.7 Å². The summed E-state index contributed by atoms with van der Waals surface area (Å²) >= 11 is 0. The Bertz CT molecular complexity index is 726. The summed E-state index contributed by atoms with van der Waals surface area (Å²) in [6.45, 7) is 4.13. The van der Waals surface area contributed by atoms with Gasteiger partial charge in [-0.1, -0.05) is 18.2 Å². The number of para-hydroxylation sites is 1. The lowest BCUT2D eigenvalue weighted by molar-refractivity contribution is -0.134. The van der Waals surface area contributed by atoms with Crippen LogP contribution in [0.4, 0.5) is 0 Å². The van der Waals surface area contributed by atoms with Crippen molar-refractivity contribution in [3.8, 4) is 0 Å². The largest absolute Gasteiger partial charge is 0.393 e. The Morgan fingerprint density at radius 1 is 1.29 bits per heavy atom. The van der Waals surface area contributed by atoms with Gasteiger partial charge in [-0.3, -0.25) is 9.69 Å². The van der Waals surface area contributed by atoms with Gasteiger partial charge in [-0.25, -0.2) is 9.97 Å². The molecule has 6 heteroatoms. The summed E-state index contributed by atoms with van der Waals surface area (Å²) in [5.41, 5.74) is 1.89. The van der Waals surface area contributed by atoms with Crippen LogP contribution in [0, 0.1) is 6.92 Å². The minimum atomic E-state index is -0.263. The number of aromatic nitrogens is 2. The Morgan fingerprint density at radius 2 is 2.00 bits per heavy atom. The van der Waals surface area contributed by atoms with Crippen molar-refractivity contribution in [2.75, 3.05) is 26.7 Å². The van der Waals surface area contributed by atoms with E-state index in [-0.39, 0.29) is 12.0 Å². The van der Waals surface area contributed by atoms with E-state index < -0.39 is 0 Å². The first-order chi connectivity index (χ1) is 11.5. The topological polar surface area (TPSA) is 69.6 Å². The maximum Gasteiger partial charge on any atom is 0.236 e. The SMILES string of the molecule is Cc1nc(CN(C)CC(=O)N2CCC(O)CC2)nc2ccccc12. The lowest BCUT2D eigenvalue weighted by Gasteiger charge is -2.30. The van der Waals surface area contributed by atoms with E-state index in [9.17, 15) is 9.90 Å². The molecule has 1 saturated heterocycles. The second-order valence-corrected chi connectivity index (χ2v) is 6.53. The quantitative estimate of drug-likeness (QED) is 0.917. The van der Waals surface area contributed by atoms with Crippen LogP contribution in [0.25, 0.3) is 10.9 Å². The van der Waals surface area contributed by atoms with E-state index in [0.29, 0.717) is 39.0 Å². The Labute approximate surface area is 142 Å². The molecule has 1 amide bonds. The van der Waals surface area contributed by atoms with Gasteiger partial charge in [0, 0.05) is 24.2 Å². The number of fused-ring (bicyclic) bond motifs is 1. The molecule has 0 saturated carbocycles. The summed E-state index contributed by atoms with van der Waals surface area (Å²) < 4.78 is 0. The Morgan fingerprint density at radius 3 is 2.75 bits per heavy atom. The first-order valence-corrected chi connectivity index (χ1v) is 8.39. The predicted molar refractivity (Wildman–Crippen MR) is 92.4 cm³/mol. The van der Waals surface area contributed by atoms with Crippen LogP contribution in [0.1, 0.15) is 24.4 Å². The fraction of sp³-hybridized carbons (Fsp3) is 0.500. The zero-order chi connectivity index (χ0) is 17.1. The van der Waals surface area contributed by atoms with E-state index in [1.165, 1.54) is 0 Å². The fourth-order valence-electron chi connectivity index (χ4n) is 3.11. The molecule has 6 nitrogen and oxygen atoms in total. The van der Waals surface area contributed by atoms with Crippen molar-refractivity contribution in [1.29, 1.82) is 0 Å². The number of rotatable bonds is 4. The Hall–Kier alpha value is -2.05. The van der Waals surface area contributed by atoms with Crippen molar-refractivity contribution in [2.45, 2.75) is 32.4 Å². The van der Waals surface area contributed by atoms with Gasteiger partial charge in [-0.2, -0.15) is 0 Å². The molecule has 0 spiro atoms. The normalized spacial score (nSPS) is 16.1. The molecule has 24 heavy (non-hydrogen) atoms. The molecule has 1 aromatic heterocycles. The van der Waals surface area contributed by atoms with Gasteiger partial charge >= 0.3 is 0 Å². The van der Waals surface area contributed by atoms with E-state index in [2.05, 4.69) is 9.97 Å². The number of likely N-dealkylation sites (N-methyl/N-ethyl adjacent to an activating group) is 1. The summed E-state index contributed by atoms with van der Waals surface area (Å²) in [4.78, 5) is 25.3. The van der Waals surface area contributed by atoms with Gasteiger partial charge in [-0.15, -0.1) is 0 Å². The highest BCUT2D eigenvalue weighted by Crippen LogP contribution is 2.15. The van der Waals surface area contributed by atoms with Gasteiger partial charge < -0.3 is 10.0 Å². The van der Waals surface area contributed by atoms with Crippen LogP contribution in [-0.2, 0) is 11.3 Å². The summed E-state index contributed by atoms with van der Waals surface area (Å²) in [5.74, 6) is 0.831.